The van der Waals surface area contributed by atoms with Crippen LogP contribution in [0.4, 0.5) is 5.69 Å². The van der Waals surface area contributed by atoms with Gasteiger partial charge in [-0.1, -0.05) is 17.7 Å². The van der Waals surface area contributed by atoms with Gasteiger partial charge in [0, 0.05) is 16.3 Å². The Bertz CT molecular complexity index is 610. The van der Waals surface area contributed by atoms with Gasteiger partial charge in [0.25, 0.3) is 0 Å². The Morgan fingerprint density at radius 3 is 2.79 bits per heavy atom. The van der Waals surface area contributed by atoms with Crippen molar-refractivity contribution in [2.24, 2.45) is 0 Å². The highest BCUT2D eigenvalue weighted by Crippen LogP contribution is 2.27. The van der Waals surface area contributed by atoms with Crippen molar-refractivity contribution in [1.82, 2.24) is 0 Å². The molecule has 2 aromatic rings. The highest BCUT2D eigenvalue weighted by Gasteiger charge is 2.11. The van der Waals surface area contributed by atoms with E-state index in [4.69, 9.17) is 22.1 Å². The summed E-state index contributed by atoms with van der Waals surface area (Å²) < 4.78 is 5.81. The first-order valence-electron chi connectivity index (χ1n) is 6.51. The van der Waals surface area contributed by atoms with E-state index < -0.39 is 0 Å². The molecule has 19 heavy (non-hydrogen) atoms. The Kier molecular flexibility index (Phi) is 3.34. The van der Waals surface area contributed by atoms with Gasteiger partial charge in [-0.25, -0.2) is 0 Å². The summed E-state index contributed by atoms with van der Waals surface area (Å²) in [6, 6.07) is 11.8. The summed E-state index contributed by atoms with van der Waals surface area (Å²) >= 11 is 6.12. The molecular weight excluding hydrogens is 258 g/mol. The minimum atomic E-state index is 0.447. The molecule has 0 aromatic heterocycles. The van der Waals surface area contributed by atoms with Crippen LogP contribution >= 0.6 is 11.6 Å². The van der Waals surface area contributed by atoms with Crippen molar-refractivity contribution >= 4 is 17.3 Å². The van der Waals surface area contributed by atoms with Crippen LogP contribution < -0.4 is 10.5 Å². The molecule has 0 amide bonds. The number of nitrogens with two attached hydrogens (primary N) is 1. The summed E-state index contributed by atoms with van der Waals surface area (Å²) in [6.07, 6.45) is 3.60. The van der Waals surface area contributed by atoms with Crippen LogP contribution in [0.25, 0.3) is 0 Å². The Balaban J connectivity index is 1.74. The van der Waals surface area contributed by atoms with Crippen LogP contribution in [-0.4, -0.2) is 0 Å². The normalized spacial score (nSPS) is 13.3. The van der Waals surface area contributed by atoms with Crippen molar-refractivity contribution in [3.63, 3.8) is 0 Å². The molecule has 0 atom stereocenters. The molecule has 3 rings (SSSR count). The van der Waals surface area contributed by atoms with Gasteiger partial charge in [0.2, 0.25) is 0 Å². The van der Waals surface area contributed by atoms with E-state index >= 15 is 0 Å². The Labute approximate surface area is 118 Å². The lowest BCUT2D eigenvalue weighted by atomic mass is 10.1. The summed E-state index contributed by atoms with van der Waals surface area (Å²) in [5, 5.41) is 0.690. The monoisotopic (exact) mass is 273 g/mol. The maximum Gasteiger partial charge on any atom is 0.120 e. The van der Waals surface area contributed by atoms with Crippen LogP contribution in [0, 0.1) is 0 Å². The van der Waals surface area contributed by atoms with E-state index in [-0.39, 0.29) is 0 Å². The fourth-order valence-electron chi connectivity index (χ4n) is 2.50. The van der Waals surface area contributed by atoms with Crippen LogP contribution in [0.5, 0.6) is 5.75 Å². The zero-order valence-electron chi connectivity index (χ0n) is 10.7. The van der Waals surface area contributed by atoms with Crippen molar-refractivity contribution in [3.8, 4) is 5.75 Å². The summed E-state index contributed by atoms with van der Waals surface area (Å²) in [6.45, 7) is 0.447. The van der Waals surface area contributed by atoms with E-state index in [9.17, 15) is 0 Å². The fourth-order valence-corrected chi connectivity index (χ4v) is 2.68. The smallest absolute Gasteiger partial charge is 0.120 e. The minimum absolute atomic E-state index is 0.447. The highest BCUT2D eigenvalue weighted by atomic mass is 35.5. The van der Waals surface area contributed by atoms with Crippen molar-refractivity contribution in [2.45, 2.75) is 25.9 Å². The molecule has 2 nitrogen and oxygen atoms in total. The van der Waals surface area contributed by atoms with Gasteiger partial charge in [-0.15, -0.1) is 0 Å². The van der Waals surface area contributed by atoms with E-state index in [2.05, 4.69) is 12.1 Å². The third-order valence-electron chi connectivity index (χ3n) is 3.53. The van der Waals surface area contributed by atoms with Crippen molar-refractivity contribution < 1.29 is 4.74 Å². The van der Waals surface area contributed by atoms with Gasteiger partial charge in [-0.05, 0) is 60.7 Å². The first-order chi connectivity index (χ1) is 9.22. The third-order valence-corrected chi connectivity index (χ3v) is 3.90. The second kappa shape index (κ2) is 5.14. The van der Waals surface area contributed by atoms with Crippen molar-refractivity contribution in [2.75, 3.05) is 5.73 Å². The molecule has 0 saturated heterocycles. The van der Waals surface area contributed by atoms with Gasteiger partial charge in [-0.2, -0.15) is 0 Å². The number of benzene rings is 2. The maximum absolute atomic E-state index is 6.12. The average Bonchev–Trinajstić information content (AvgIpc) is 2.87. The van der Waals surface area contributed by atoms with Gasteiger partial charge < -0.3 is 10.5 Å². The van der Waals surface area contributed by atoms with E-state index in [0.717, 1.165) is 17.7 Å². The number of fused-ring (bicyclic) bond motifs is 1. The first kappa shape index (κ1) is 12.4. The molecule has 0 bridgehead atoms. The van der Waals surface area contributed by atoms with Crippen LogP contribution in [0.3, 0.4) is 0 Å². The molecule has 0 fully saturated rings. The Morgan fingerprint density at radius 1 is 1.05 bits per heavy atom. The quantitative estimate of drug-likeness (QED) is 0.858. The second-order valence-corrected chi connectivity index (χ2v) is 5.33. The number of rotatable bonds is 3. The predicted molar refractivity (Wildman–Crippen MR) is 78.7 cm³/mol. The van der Waals surface area contributed by atoms with Crippen molar-refractivity contribution in [3.05, 3.63) is 58.1 Å². The van der Waals surface area contributed by atoms with Crippen molar-refractivity contribution in [1.29, 1.82) is 0 Å². The number of ether oxygens (including phenoxy) is 1. The molecule has 2 N–H and O–H groups in total. The van der Waals surface area contributed by atoms with Gasteiger partial charge >= 0.3 is 0 Å². The molecule has 0 radical (unpaired) electrons. The fraction of sp³-hybridized carbons (Fsp3) is 0.250. The van der Waals surface area contributed by atoms with Crippen LogP contribution in [0.2, 0.25) is 5.02 Å². The largest absolute Gasteiger partial charge is 0.489 e. The molecule has 0 aliphatic heterocycles. The molecule has 0 unspecified atom stereocenters. The van der Waals surface area contributed by atoms with Crippen LogP contribution in [0.15, 0.2) is 36.4 Å². The molecule has 1 aliphatic carbocycles. The Hall–Kier alpha value is -1.67. The van der Waals surface area contributed by atoms with Gasteiger partial charge in [0.05, 0.1) is 0 Å². The summed E-state index contributed by atoms with van der Waals surface area (Å²) in [7, 11) is 0. The molecule has 2 aromatic carbocycles. The predicted octanol–water partition coefficient (Wildman–Crippen LogP) is 3.99. The molecule has 0 saturated carbocycles. The molecule has 1 aliphatic rings. The zero-order chi connectivity index (χ0) is 13.2. The Morgan fingerprint density at radius 2 is 1.89 bits per heavy atom. The average molecular weight is 274 g/mol. The van der Waals surface area contributed by atoms with E-state index in [1.807, 2.05) is 12.1 Å². The van der Waals surface area contributed by atoms with Gasteiger partial charge in [-0.3, -0.25) is 0 Å². The molecular formula is C16H16ClNO. The lowest BCUT2D eigenvalue weighted by Crippen LogP contribution is -1.98. The SMILES string of the molecule is Nc1ccc(Cl)c(COc2ccc3c(c2)CCC3)c1. The molecule has 3 heteroatoms. The number of nitrogen functional groups attached to an aromatic ring is 1. The topological polar surface area (TPSA) is 35.2 Å². The number of hydrogen-bond donors (Lipinski definition) is 1. The third kappa shape index (κ3) is 2.69. The molecule has 0 heterocycles. The zero-order valence-corrected chi connectivity index (χ0v) is 11.4. The summed E-state index contributed by atoms with van der Waals surface area (Å²) in [5.74, 6) is 0.902. The van der Waals surface area contributed by atoms with E-state index in [0.29, 0.717) is 17.3 Å². The number of halogens is 1. The minimum Gasteiger partial charge on any atom is -0.489 e. The maximum atomic E-state index is 6.12. The molecule has 0 spiro atoms. The second-order valence-electron chi connectivity index (χ2n) is 4.92. The van der Waals surface area contributed by atoms with Gasteiger partial charge in [0.15, 0.2) is 0 Å². The highest BCUT2D eigenvalue weighted by molar-refractivity contribution is 6.31. The van der Waals surface area contributed by atoms with Crippen LogP contribution in [0.1, 0.15) is 23.1 Å². The first-order valence-corrected chi connectivity index (χ1v) is 6.89. The number of aryl methyl sites for hydroxylation is 2. The lowest BCUT2D eigenvalue weighted by molar-refractivity contribution is 0.306. The van der Waals surface area contributed by atoms with Crippen LogP contribution in [-0.2, 0) is 19.4 Å². The lowest BCUT2D eigenvalue weighted by Gasteiger charge is -2.10. The number of hydrogen-bond acceptors (Lipinski definition) is 2. The van der Waals surface area contributed by atoms with E-state index in [1.54, 1.807) is 12.1 Å². The van der Waals surface area contributed by atoms with Gasteiger partial charge in [0.1, 0.15) is 12.4 Å². The summed E-state index contributed by atoms with van der Waals surface area (Å²) in [4.78, 5) is 0. The standard InChI is InChI=1S/C16H16ClNO/c17-16-7-5-14(18)8-13(16)10-19-15-6-4-11-2-1-3-12(11)9-15/h4-9H,1-3,10,18H2. The van der Waals surface area contributed by atoms with E-state index in [1.165, 1.54) is 24.0 Å². The summed E-state index contributed by atoms with van der Waals surface area (Å²) in [5.41, 5.74) is 10.2. The molecule has 98 valence electrons. The number of anilines is 1.